The van der Waals surface area contributed by atoms with Crippen LogP contribution in [0.1, 0.15) is 24.7 Å². The van der Waals surface area contributed by atoms with Crippen molar-refractivity contribution in [1.82, 2.24) is 10.1 Å². The van der Waals surface area contributed by atoms with Gasteiger partial charge in [0.25, 0.3) is 0 Å². The van der Waals surface area contributed by atoms with E-state index in [1.165, 1.54) is 12.1 Å². The molecule has 76 valence electrons. The lowest BCUT2D eigenvalue weighted by atomic mass is 10.2. The van der Waals surface area contributed by atoms with Gasteiger partial charge in [0.2, 0.25) is 11.7 Å². The van der Waals surface area contributed by atoms with Gasteiger partial charge in [0.15, 0.2) is 0 Å². The van der Waals surface area contributed by atoms with E-state index in [1.54, 1.807) is 12.1 Å². The molecule has 1 aliphatic rings. The molecule has 1 saturated carbocycles. The molecule has 0 atom stereocenters. The maximum Gasteiger partial charge on any atom is 0.230 e. The summed E-state index contributed by atoms with van der Waals surface area (Å²) >= 11 is 0. The Balaban J connectivity index is 1.93. The molecule has 0 amide bonds. The van der Waals surface area contributed by atoms with Crippen molar-refractivity contribution in [3.8, 4) is 11.4 Å². The summed E-state index contributed by atoms with van der Waals surface area (Å²) in [6.45, 7) is 0. The molecule has 0 unspecified atom stereocenters. The molecule has 0 saturated heterocycles. The molecular formula is C11H9FN2O. The van der Waals surface area contributed by atoms with E-state index in [1.807, 2.05) is 0 Å². The Morgan fingerprint density at radius 1 is 1.20 bits per heavy atom. The number of aromatic nitrogens is 2. The smallest absolute Gasteiger partial charge is 0.230 e. The summed E-state index contributed by atoms with van der Waals surface area (Å²) in [5.74, 6) is 1.43. The van der Waals surface area contributed by atoms with Crippen LogP contribution in [0, 0.1) is 5.82 Å². The predicted molar refractivity (Wildman–Crippen MR) is 51.7 cm³/mol. The first-order valence-electron chi connectivity index (χ1n) is 4.92. The minimum Gasteiger partial charge on any atom is -0.339 e. The number of benzene rings is 1. The quantitative estimate of drug-likeness (QED) is 0.755. The molecule has 1 aromatic carbocycles. The second kappa shape index (κ2) is 3.15. The summed E-state index contributed by atoms with van der Waals surface area (Å²) in [5, 5.41) is 3.87. The Hall–Kier alpha value is -1.71. The highest BCUT2D eigenvalue weighted by Crippen LogP contribution is 2.39. The van der Waals surface area contributed by atoms with Crippen LogP contribution in [0.3, 0.4) is 0 Å². The third kappa shape index (κ3) is 1.63. The zero-order valence-electron chi connectivity index (χ0n) is 7.98. The molecule has 0 aliphatic heterocycles. The fraction of sp³-hybridized carbons (Fsp3) is 0.273. The van der Waals surface area contributed by atoms with Crippen molar-refractivity contribution in [2.24, 2.45) is 0 Å². The van der Waals surface area contributed by atoms with Crippen molar-refractivity contribution in [3.05, 3.63) is 36.0 Å². The topological polar surface area (TPSA) is 38.9 Å². The van der Waals surface area contributed by atoms with Gasteiger partial charge >= 0.3 is 0 Å². The first-order chi connectivity index (χ1) is 7.33. The van der Waals surface area contributed by atoms with Gasteiger partial charge in [-0.25, -0.2) is 4.39 Å². The summed E-state index contributed by atoms with van der Waals surface area (Å²) in [7, 11) is 0. The Labute approximate surface area is 85.9 Å². The van der Waals surface area contributed by atoms with E-state index >= 15 is 0 Å². The highest BCUT2D eigenvalue weighted by molar-refractivity contribution is 5.53. The Morgan fingerprint density at radius 3 is 2.60 bits per heavy atom. The van der Waals surface area contributed by atoms with E-state index in [-0.39, 0.29) is 5.82 Å². The van der Waals surface area contributed by atoms with Gasteiger partial charge in [-0.3, -0.25) is 0 Å². The van der Waals surface area contributed by atoms with Gasteiger partial charge in [0, 0.05) is 11.5 Å². The average molecular weight is 204 g/mol. The zero-order valence-corrected chi connectivity index (χ0v) is 7.98. The maximum absolute atomic E-state index is 12.7. The van der Waals surface area contributed by atoms with E-state index in [0.29, 0.717) is 17.6 Å². The monoisotopic (exact) mass is 204 g/mol. The second-order valence-corrected chi connectivity index (χ2v) is 3.74. The minimum absolute atomic E-state index is 0.260. The largest absolute Gasteiger partial charge is 0.339 e. The molecule has 4 heteroatoms. The van der Waals surface area contributed by atoms with E-state index < -0.39 is 0 Å². The molecule has 3 nitrogen and oxygen atoms in total. The molecule has 0 N–H and O–H groups in total. The zero-order chi connectivity index (χ0) is 10.3. The van der Waals surface area contributed by atoms with Crippen molar-refractivity contribution in [1.29, 1.82) is 0 Å². The molecule has 0 spiro atoms. The minimum atomic E-state index is -0.260. The third-order valence-electron chi connectivity index (χ3n) is 2.47. The van der Waals surface area contributed by atoms with Gasteiger partial charge in [-0.1, -0.05) is 5.16 Å². The normalized spacial score (nSPS) is 15.5. The number of halogens is 1. The van der Waals surface area contributed by atoms with Gasteiger partial charge < -0.3 is 4.52 Å². The third-order valence-corrected chi connectivity index (χ3v) is 2.47. The molecule has 1 aromatic heterocycles. The molecule has 0 bridgehead atoms. The Morgan fingerprint density at radius 2 is 1.93 bits per heavy atom. The SMILES string of the molecule is Fc1ccc(-c2noc(C3CC3)n2)cc1. The van der Waals surface area contributed by atoms with Crippen molar-refractivity contribution < 1.29 is 8.91 Å². The number of nitrogens with zero attached hydrogens (tertiary/aromatic N) is 2. The van der Waals surface area contributed by atoms with Crippen molar-refractivity contribution in [2.75, 3.05) is 0 Å². The van der Waals surface area contributed by atoms with Gasteiger partial charge in [-0.2, -0.15) is 4.98 Å². The fourth-order valence-corrected chi connectivity index (χ4v) is 1.45. The highest BCUT2D eigenvalue weighted by Gasteiger charge is 2.29. The molecule has 15 heavy (non-hydrogen) atoms. The van der Waals surface area contributed by atoms with E-state index in [4.69, 9.17) is 4.52 Å². The summed E-state index contributed by atoms with van der Waals surface area (Å²) in [4.78, 5) is 4.27. The van der Waals surface area contributed by atoms with E-state index in [9.17, 15) is 4.39 Å². The highest BCUT2D eigenvalue weighted by atomic mass is 19.1. The van der Waals surface area contributed by atoms with E-state index in [0.717, 1.165) is 18.4 Å². The lowest BCUT2D eigenvalue weighted by Gasteiger charge is -1.92. The van der Waals surface area contributed by atoms with Crippen molar-refractivity contribution in [3.63, 3.8) is 0 Å². The molecule has 0 radical (unpaired) electrons. The Kier molecular flexibility index (Phi) is 1.80. The molecular weight excluding hydrogens is 195 g/mol. The van der Waals surface area contributed by atoms with Crippen LogP contribution in [0.2, 0.25) is 0 Å². The maximum atomic E-state index is 12.7. The first-order valence-corrected chi connectivity index (χ1v) is 4.92. The molecule has 1 heterocycles. The summed E-state index contributed by atoms with van der Waals surface area (Å²) in [6, 6.07) is 6.08. The van der Waals surface area contributed by atoms with Gasteiger partial charge in [-0.15, -0.1) is 0 Å². The van der Waals surface area contributed by atoms with Crippen LogP contribution in [0.4, 0.5) is 4.39 Å². The summed E-state index contributed by atoms with van der Waals surface area (Å²) < 4.78 is 17.8. The van der Waals surface area contributed by atoms with Crippen LogP contribution in [-0.4, -0.2) is 10.1 Å². The molecule has 2 aromatic rings. The van der Waals surface area contributed by atoms with Gasteiger partial charge in [-0.05, 0) is 37.1 Å². The average Bonchev–Trinajstić information content (AvgIpc) is 2.99. The lowest BCUT2D eigenvalue weighted by Crippen LogP contribution is -1.82. The predicted octanol–water partition coefficient (Wildman–Crippen LogP) is 2.75. The fourth-order valence-electron chi connectivity index (χ4n) is 1.45. The number of hydrogen-bond acceptors (Lipinski definition) is 3. The van der Waals surface area contributed by atoms with Crippen molar-refractivity contribution >= 4 is 0 Å². The summed E-state index contributed by atoms with van der Waals surface area (Å²) in [6.07, 6.45) is 2.26. The lowest BCUT2D eigenvalue weighted by molar-refractivity contribution is 0.380. The molecule has 1 fully saturated rings. The van der Waals surface area contributed by atoms with Gasteiger partial charge in [0.05, 0.1) is 0 Å². The van der Waals surface area contributed by atoms with Crippen LogP contribution < -0.4 is 0 Å². The standard InChI is InChI=1S/C11H9FN2O/c12-9-5-3-7(4-6-9)10-13-11(15-14-10)8-1-2-8/h3-6,8H,1-2H2. The van der Waals surface area contributed by atoms with Gasteiger partial charge in [0.1, 0.15) is 5.82 Å². The molecule has 1 aliphatic carbocycles. The van der Waals surface area contributed by atoms with Crippen LogP contribution in [-0.2, 0) is 0 Å². The number of rotatable bonds is 2. The first kappa shape index (κ1) is 8.59. The van der Waals surface area contributed by atoms with Crippen LogP contribution in [0.5, 0.6) is 0 Å². The van der Waals surface area contributed by atoms with Crippen LogP contribution in [0.15, 0.2) is 28.8 Å². The number of hydrogen-bond donors (Lipinski definition) is 0. The molecule has 3 rings (SSSR count). The second-order valence-electron chi connectivity index (χ2n) is 3.74. The van der Waals surface area contributed by atoms with Crippen LogP contribution in [0.25, 0.3) is 11.4 Å². The van der Waals surface area contributed by atoms with E-state index in [2.05, 4.69) is 10.1 Å². The van der Waals surface area contributed by atoms with Crippen molar-refractivity contribution in [2.45, 2.75) is 18.8 Å². The Bertz CT molecular complexity index is 474. The summed E-state index contributed by atoms with van der Waals surface area (Å²) in [5.41, 5.74) is 0.784. The van der Waals surface area contributed by atoms with Crippen LogP contribution >= 0.6 is 0 Å².